The van der Waals surface area contributed by atoms with E-state index in [1.165, 1.54) is 13.1 Å². The van der Waals surface area contributed by atoms with E-state index in [9.17, 15) is 15.0 Å². The Bertz CT molecular complexity index is 542. The van der Waals surface area contributed by atoms with Gasteiger partial charge in [-0.05, 0) is 13.8 Å². The summed E-state index contributed by atoms with van der Waals surface area (Å²) in [6.45, 7) is 2.51. The largest absolute Gasteiger partial charge is 0.394 e. The SMILES string of the molecule is Cc1cn([C@@H]2O[C@H](CO)[C@@](C)(O)[C@H]2O)c(=O)nc1N. The summed E-state index contributed by atoms with van der Waals surface area (Å²) < 4.78 is 6.39. The summed E-state index contributed by atoms with van der Waals surface area (Å²) in [5.41, 5.74) is 3.70. The van der Waals surface area contributed by atoms with Crippen molar-refractivity contribution in [2.24, 2.45) is 0 Å². The molecule has 0 amide bonds. The van der Waals surface area contributed by atoms with Crippen LogP contribution in [0.25, 0.3) is 0 Å². The molecule has 1 aliphatic heterocycles. The molecule has 0 aliphatic carbocycles. The minimum Gasteiger partial charge on any atom is -0.394 e. The van der Waals surface area contributed by atoms with E-state index in [1.54, 1.807) is 6.92 Å². The maximum Gasteiger partial charge on any atom is 0.351 e. The molecule has 2 rings (SSSR count). The number of anilines is 1. The van der Waals surface area contributed by atoms with E-state index in [4.69, 9.17) is 15.6 Å². The fourth-order valence-electron chi connectivity index (χ4n) is 2.07. The van der Waals surface area contributed by atoms with Crippen LogP contribution in [0.4, 0.5) is 5.82 Å². The van der Waals surface area contributed by atoms with Gasteiger partial charge < -0.3 is 25.8 Å². The van der Waals surface area contributed by atoms with Crippen LogP contribution in [-0.2, 0) is 4.74 Å². The Morgan fingerprint density at radius 1 is 1.63 bits per heavy atom. The second-order valence-electron chi connectivity index (χ2n) is 4.87. The second kappa shape index (κ2) is 4.57. The van der Waals surface area contributed by atoms with Gasteiger partial charge in [-0.15, -0.1) is 0 Å². The van der Waals surface area contributed by atoms with E-state index in [2.05, 4.69) is 4.98 Å². The van der Waals surface area contributed by atoms with Crippen molar-refractivity contribution in [3.05, 3.63) is 22.2 Å². The first-order valence-corrected chi connectivity index (χ1v) is 5.81. The zero-order valence-corrected chi connectivity index (χ0v) is 10.6. The fourth-order valence-corrected chi connectivity index (χ4v) is 2.07. The van der Waals surface area contributed by atoms with Crippen LogP contribution in [0.15, 0.2) is 11.0 Å². The number of nitrogens with zero attached hydrogens (tertiary/aromatic N) is 2. The molecule has 1 aliphatic rings. The van der Waals surface area contributed by atoms with Gasteiger partial charge in [-0.3, -0.25) is 4.57 Å². The lowest BCUT2D eigenvalue weighted by atomic mass is 9.95. The summed E-state index contributed by atoms with van der Waals surface area (Å²) in [4.78, 5) is 15.4. The van der Waals surface area contributed by atoms with Crippen molar-refractivity contribution in [3.63, 3.8) is 0 Å². The second-order valence-corrected chi connectivity index (χ2v) is 4.87. The Morgan fingerprint density at radius 2 is 2.26 bits per heavy atom. The highest BCUT2D eigenvalue weighted by Gasteiger charge is 2.52. The number of ether oxygens (including phenoxy) is 1. The zero-order chi connectivity index (χ0) is 14.4. The normalized spacial score (nSPS) is 34.7. The van der Waals surface area contributed by atoms with Gasteiger partial charge >= 0.3 is 5.69 Å². The molecule has 4 atom stereocenters. The first-order valence-electron chi connectivity index (χ1n) is 5.81. The van der Waals surface area contributed by atoms with Crippen LogP contribution in [0.3, 0.4) is 0 Å². The third kappa shape index (κ3) is 2.12. The van der Waals surface area contributed by atoms with Gasteiger partial charge in [0.2, 0.25) is 0 Å². The molecule has 0 unspecified atom stereocenters. The van der Waals surface area contributed by atoms with Gasteiger partial charge in [0.1, 0.15) is 23.6 Å². The molecule has 5 N–H and O–H groups in total. The molecule has 1 aromatic heterocycles. The lowest BCUT2D eigenvalue weighted by molar-refractivity contribution is -0.0807. The number of aliphatic hydroxyl groups excluding tert-OH is 2. The molecule has 0 saturated carbocycles. The highest BCUT2D eigenvalue weighted by atomic mass is 16.6. The number of aromatic nitrogens is 2. The molecule has 19 heavy (non-hydrogen) atoms. The van der Waals surface area contributed by atoms with E-state index >= 15 is 0 Å². The molecule has 8 nitrogen and oxygen atoms in total. The van der Waals surface area contributed by atoms with E-state index in [0.717, 1.165) is 4.57 Å². The summed E-state index contributed by atoms with van der Waals surface area (Å²) in [6.07, 6.45) is -2.08. The number of nitrogen functional groups attached to an aromatic ring is 1. The Kier molecular flexibility index (Phi) is 3.35. The third-order valence-corrected chi connectivity index (χ3v) is 3.44. The molecular formula is C11H17N3O5. The highest BCUT2D eigenvalue weighted by Crippen LogP contribution is 2.36. The number of hydrogen-bond acceptors (Lipinski definition) is 7. The Morgan fingerprint density at radius 3 is 2.79 bits per heavy atom. The fraction of sp³-hybridized carbons (Fsp3) is 0.636. The topological polar surface area (TPSA) is 131 Å². The van der Waals surface area contributed by atoms with Gasteiger partial charge in [-0.1, -0.05) is 0 Å². The standard InChI is InChI=1S/C11H17N3O5/c1-5-3-14(10(17)13-8(5)12)9-7(16)11(2,18)6(4-15)19-9/h3,6-7,9,15-16,18H,4H2,1-2H3,(H2,12,13,17)/t6-,7+,9-,11-/m1/s1. The lowest BCUT2D eigenvalue weighted by Crippen LogP contribution is -2.46. The average molecular weight is 271 g/mol. The summed E-state index contributed by atoms with van der Waals surface area (Å²) >= 11 is 0. The molecule has 0 radical (unpaired) electrons. The van der Waals surface area contributed by atoms with Crippen molar-refractivity contribution in [2.45, 2.75) is 37.9 Å². The quantitative estimate of drug-likeness (QED) is 0.496. The van der Waals surface area contributed by atoms with Gasteiger partial charge in [0.25, 0.3) is 0 Å². The van der Waals surface area contributed by atoms with Crippen LogP contribution in [0.2, 0.25) is 0 Å². The molecular weight excluding hydrogens is 254 g/mol. The molecule has 106 valence electrons. The van der Waals surface area contributed by atoms with Crippen LogP contribution < -0.4 is 11.4 Å². The van der Waals surface area contributed by atoms with E-state index < -0.39 is 36.3 Å². The predicted molar refractivity (Wildman–Crippen MR) is 65.3 cm³/mol. The summed E-state index contributed by atoms with van der Waals surface area (Å²) in [7, 11) is 0. The van der Waals surface area contributed by atoms with Crippen molar-refractivity contribution in [1.82, 2.24) is 9.55 Å². The van der Waals surface area contributed by atoms with Gasteiger partial charge in [0.05, 0.1) is 6.61 Å². The van der Waals surface area contributed by atoms with Crippen molar-refractivity contribution in [1.29, 1.82) is 0 Å². The third-order valence-electron chi connectivity index (χ3n) is 3.44. The monoisotopic (exact) mass is 271 g/mol. The number of hydrogen-bond donors (Lipinski definition) is 4. The number of aryl methyl sites for hydroxylation is 1. The van der Waals surface area contributed by atoms with E-state index in [-0.39, 0.29) is 5.82 Å². The van der Waals surface area contributed by atoms with E-state index in [0.29, 0.717) is 5.56 Å². The molecule has 0 bridgehead atoms. The smallest absolute Gasteiger partial charge is 0.351 e. The number of aliphatic hydroxyl groups is 3. The van der Waals surface area contributed by atoms with Crippen LogP contribution in [0.5, 0.6) is 0 Å². The summed E-state index contributed by atoms with van der Waals surface area (Å²) in [5.74, 6) is 0.0965. The Hall–Kier alpha value is -1.48. The molecule has 0 aromatic carbocycles. The lowest BCUT2D eigenvalue weighted by Gasteiger charge is -2.25. The molecule has 1 fully saturated rings. The van der Waals surface area contributed by atoms with Gasteiger partial charge in [0, 0.05) is 11.8 Å². The maximum absolute atomic E-state index is 11.8. The van der Waals surface area contributed by atoms with Crippen molar-refractivity contribution >= 4 is 5.82 Å². The molecule has 2 heterocycles. The van der Waals surface area contributed by atoms with E-state index in [1.807, 2.05) is 0 Å². The maximum atomic E-state index is 11.8. The minimum absolute atomic E-state index is 0.0965. The van der Waals surface area contributed by atoms with Crippen LogP contribution in [-0.4, -0.2) is 49.3 Å². The van der Waals surface area contributed by atoms with Crippen LogP contribution in [0, 0.1) is 6.92 Å². The highest BCUT2D eigenvalue weighted by molar-refractivity contribution is 5.35. The van der Waals surface area contributed by atoms with Crippen molar-refractivity contribution in [3.8, 4) is 0 Å². The van der Waals surface area contributed by atoms with Crippen molar-refractivity contribution in [2.75, 3.05) is 12.3 Å². The predicted octanol–water partition coefficient (Wildman–Crippen LogP) is -1.86. The average Bonchev–Trinajstić information content (AvgIpc) is 2.56. The summed E-state index contributed by atoms with van der Waals surface area (Å²) in [5, 5.41) is 29.3. The number of nitrogens with two attached hydrogens (primary N) is 1. The molecule has 1 aromatic rings. The number of rotatable bonds is 2. The van der Waals surface area contributed by atoms with Crippen LogP contribution in [0.1, 0.15) is 18.7 Å². The zero-order valence-electron chi connectivity index (χ0n) is 10.6. The van der Waals surface area contributed by atoms with Gasteiger partial charge in [-0.25, -0.2) is 4.79 Å². The minimum atomic E-state index is -1.66. The van der Waals surface area contributed by atoms with Gasteiger partial charge in [-0.2, -0.15) is 4.98 Å². The Labute approximate surface area is 109 Å². The molecule has 1 saturated heterocycles. The van der Waals surface area contributed by atoms with Gasteiger partial charge in [0.15, 0.2) is 6.23 Å². The van der Waals surface area contributed by atoms with Crippen LogP contribution >= 0.6 is 0 Å². The Balaban J connectivity index is 2.44. The van der Waals surface area contributed by atoms with Crippen molar-refractivity contribution < 1.29 is 20.1 Å². The summed E-state index contributed by atoms with van der Waals surface area (Å²) in [6, 6.07) is 0. The first-order chi connectivity index (χ1) is 8.78. The molecule has 0 spiro atoms. The molecule has 8 heteroatoms. The first kappa shape index (κ1) is 13.9.